The second kappa shape index (κ2) is 6.81. The van der Waals surface area contributed by atoms with Crippen LogP contribution in [0.2, 0.25) is 10.2 Å². The number of nitrogens with one attached hydrogen (secondary N) is 1. The Labute approximate surface area is 142 Å². The van der Waals surface area contributed by atoms with Gasteiger partial charge in [-0.15, -0.1) is 0 Å². The predicted molar refractivity (Wildman–Crippen MR) is 87.4 cm³/mol. The number of hydrogen-bond donors (Lipinski definition) is 1. The molecular weight excluding hydrogens is 337 g/mol. The highest BCUT2D eigenvalue weighted by atomic mass is 35.5. The Morgan fingerprint density at radius 3 is 2.74 bits per heavy atom. The summed E-state index contributed by atoms with van der Waals surface area (Å²) in [5.74, 6) is 0.144. The molecule has 1 aromatic carbocycles. The van der Waals surface area contributed by atoms with Crippen LogP contribution < -0.4 is 5.32 Å². The van der Waals surface area contributed by atoms with Gasteiger partial charge in [-0.05, 0) is 6.07 Å². The fourth-order valence-electron chi connectivity index (χ4n) is 1.99. The molecule has 0 atom stereocenters. The number of amides is 1. The summed E-state index contributed by atoms with van der Waals surface area (Å²) < 4.78 is 5.22. The fraction of sp³-hybridized carbons (Fsp3) is 0.0625. The lowest BCUT2D eigenvalue weighted by molar-refractivity contribution is 0.0947. The molecule has 0 spiro atoms. The molecule has 1 amide bonds. The van der Waals surface area contributed by atoms with Gasteiger partial charge in [0.1, 0.15) is 10.8 Å². The van der Waals surface area contributed by atoms with E-state index in [-0.39, 0.29) is 23.2 Å². The van der Waals surface area contributed by atoms with Crippen molar-refractivity contribution < 1.29 is 9.32 Å². The molecule has 0 saturated heterocycles. The van der Waals surface area contributed by atoms with E-state index in [4.69, 9.17) is 27.7 Å². The van der Waals surface area contributed by atoms with Crippen molar-refractivity contribution in [1.29, 1.82) is 0 Å². The Balaban J connectivity index is 1.68. The largest absolute Gasteiger partial charge is 0.359 e. The Bertz CT molecular complexity index is 834. The van der Waals surface area contributed by atoms with Crippen molar-refractivity contribution in [2.45, 2.75) is 6.54 Å². The topological polar surface area (TPSA) is 68.0 Å². The van der Waals surface area contributed by atoms with Crippen LogP contribution in [0.5, 0.6) is 0 Å². The first-order valence-corrected chi connectivity index (χ1v) is 7.49. The van der Waals surface area contributed by atoms with Crippen molar-refractivity contribution in [2.75, 3.05) is 0 Å². The Kier molecular flexibility index (Phi) is 4.60. The molecular formula is C16H11Cl2N3O2. The summed E-state index contributed by atoms with van der Waals surface area (Å²) in [7, 11) is 0. The van der Waals surface area contributed by atoms with Gasteiger partial charge in [-0.25, -0.2) is 4.98 Å². The Hall–Kier alpha value is -2.37. The van der Waals surface area contributed by atoms with E-state index in [0.717, 1.165) is 5.56 Å². The molecule has 116 valence electrons. The van der Waals surface area contributed by atoms with Crippen LogP contribution in [0.1, 0.15) is 16.1 Å². The first kappa shape index (κ1) is 15.5. The summed E-state index contributed by atoms with van der Waals surface area (Å²) in [6, 6.07) is 12.8. The van der Waals surface area contributed by atoms with Crippen molar-refractivity contribution in [2.24, 2.45) is 0 Å². The molecule has 0 radical (unpaired) electrons. The summed E-state index contributed by atoms with van der Waals surface area (Å²) in [5.41, 5.74) is 1.86. The Morgan fingerprint density at radius 2 is 1.96 bits per heavy atom. The van der Waals surface area contributed by atoms with E-state index in [1.165, 1.54) is 12.3 Å². The van der Waals surface area contributed by atoms with Crippen molar-refractivity contribution in [1.82, 2.24) is 15.5 Å². The molecule has 0 aliphatic rings. The number of rotatable bonds is 4. The summed E-state index contributed by atoms with van der Waals surface area (Å²) in [5, 5.41) is 7.11. The number of halogens is 2. The van der Waals surface area contributed by atoms with Gasteiger partial charge in [0.25, 0.3) is 5.91 Å². The van der Waals surface area contributed by atoms with Gasteiger partial charge in [0.2, 0.25) is 0 Å². The summed E-state index contributed by atoms with van der Waals surface area (Å²) >= 11 is 11.7. The maximum atomic E-state index is 12.1. The van der Waals surface area contributed by atoms with E-state index >= 15 is 0 Å². The summed E-state index contributed by atoms with van der Waals surface area (Å²) in [6.07, 6.45) is 1.38. The zero-order valence-electron chi connectivity index (χ0n) is 11.8. The van der Waals surface area contributed by atoms with Crippen molar-refractivity contribution >= 4 is 29.1 Å². The molecule has 0 aliphatic carbocycles. The number of pyridine rings is 1. The first-order chi connectivity index (χ1) is 11.1. The van der Waals surface area contributed by atoms with E-state index in [2.05, 4.69) is 15.5 Å². The highest BCUT2D eigenvalue weighted by Crippen LogP contribution is 2.19. The lowest BCUT2D eigenvalue weighted by atomic mass is 10.1. The standard InChI is InChI=1S/C16H11Cl2N3O2/c17-11-6-13(15(18)19-8-11)16(22)20-9-12-7-14(21-23-12)10-4-2-1-3-5-10/h1-8H,9H2,(H,20,22). The molecule has 3 rings (SSSR count). The average molecular weight is 348 g/mol. The molecule has 0 aliphatic heterocycles. The number of carbonyl (C=O) groups excluding carboxylic acids is 1. The molecule has 2 heterocycles. The third-order valence-electron chi connectivity index (χ3n) is 3.10. The molecule has 5 nitrogen and oxygen atoms in total. The molecule has 3 aromatic rings. The zero-order valence-corrected chi connectivity index (χ0v) is 13.3. The summed E-state index contributed by atoms with van der Waals surface area (Å²) in [4.78, 5) is 15.9. The molecule has 0 fully saturated rings. The van der Waals surface area contributed by atoms with Crippen molar-refractivity contribution in [3.05, 3.63) is 70.2 Å². The molecule has 2 aromatic heterocycles. The number of benzene rings is 1. The molecule has 23 heavy (non-hydrogen) atoms. The van der Waals surface area contributed by atoms with Crippen LogP contribution in [0.15, 0.2) is 53.2 Å². The van der Waals surface area contributed by atoms with Crippen LogP contribution in [0.3, 0.4) is 0 Å². The average Bonchev–Trinajstić information content (AvgIpc) is 3.05. The predicted octanol–water partition coefficient (Wildman–Crippen LogP) is 3.97. The van der Waals surface area contributed by atoms with Crippen LogP contribution in [0.4, 0.5) is 0 Å². The van der Waals surface area contributed by atoms with E-state index in [9.17, 15) is 4.79 Å². The van der Waals surface area contributed by atoms with Crippen LogP contribution in [0.25, 0.3) is 11.3 Å². The van der Waals surface area contributed by atoms with Gasteiger partial charge in [0, 0.05) is 17.8 Å². The Morgan fingerprint density at radius 1 is 1.17 bits per heavy atom. The second-order valence-electron chi connectivity index (χ2n) is 4.72. The fourth-order valence-corrected chi connectivity index (χ4v) is 2.33. The lowest BCUT2D eigenvalue weighted by Crippen LogP contribution is -2.23. The first-order valence-electron chi connectivity index (χ1n) is 6.74. The van der Waals surface area contributed by atoms with Gasteiger partial charge >= 0.3 is 0 Å². The van der Waals surface area contributed by atoms with Crippen molar-refractivity contribution in [3.63, 3.8) is 0 Å². The second-order valence-corrected chi connectivity index (χ2v) is 5.51. The number of aromatic nitrogens is 2. The van der Waals surface area contributed by atoms with Crippen LogP contribution in [-0.2, 0) is 6.54 Å². The normalized spacial score (nSPS) is 10.5. The van der Waals surface area contributed by atoms with Gasteiger partial charge < -0.3 is 9.84 Å². The van der Waals surface area contributed by atoms with Gasteiger partial charge in [-0.1, -0.05) is 58.7 Å². The van der Waals surface area contributed by atoms with E-state index < -0.39 is 0 Å². The van der Waals surface area contributed by atoms with E-state index in [1.54, 1.807) is 6.07 Å². The monoisotopic (exact) mass is 347 g/mol. The highest BCUT2D eigenvalue weighted by molar-refractivity contribution is 6.34. The lowest BCUT2D eigenvalue weighted by Gasteiger charge is -2.04. The smallest absolute Gasteiger partial charge is 0.254 e. The van der Waals surface area contributed by atoms with Crippen molar-refractivity contribution in [3.8, 4) is 11.3 Å². The van der Waals surface area contributed by atoms with Crippen LogP contribution in [-0.4, -0.2) is 16.0 Å². The molecule has 0 saturated carbocycles. The maximum absolute atomic E-state index is 12.1. The third-order valence-corrected chi connectivity index (χ3v) is 3.61. The number of nitrogens with zero attached hydrogens (tertiary/aromatic N) is 2. The van der Waals surface area contributed by atoms with Gasteiger partial charge in [-0.2, -0.15) is 0 Å². The minimum atomic E-state index is -0.386. The quantitative estimate of drug-likeness (QED) is 0.725. The summed E-state index contributed by atoms with van der Waals surface area (Å²) in [6.45, 7) is 0.182. The maximum Gasteiger partial charge on any atom is 0.254 e. The third kappa shape index (κ3) is 3.70. The number of carbonyl (C=O) groups is 1. The minimum Gasteiger partial charge on any atom is -0.359 e. The van der Waals surface area contributed by atoms with Gasteiger partial charge in [0.15, 0.2) is 5.76 Å². The number of hydrogen-bond acceptors (Lipinski definition) is 4. The molecule has 1 N–H and O–H groups in total. The van der Waals surface area contributed by atoms with Gasteiger partial charge in [-0.3, -0.25) is 4.79 Å². The SMILES string of the molecule is O=C(NCc1cc(-c2ccccc2)no1)c1cc(Cl)cnc1Cl. The molecule has 0 unspecified atom stereocenters. The molecule has 7 heteroatoms. The van der Waals surface area contributed by atoms with Crippen LogP contribution >= 0.6 is 23.2 Å². The minimum absolute atomic E-state index is 0.0921. The molecule has 0 bridgehead atoms. The van der Waals surface area contributed by atoms with Gasteiger partial charge in [0.05, 0.1) is 17.1 Å². The van der Waals surface area contributed by atoms with E-state index in [0.29, 0.717) is 16.5 Å². The zero-order chi connectivity index (χ0) is 16.2. The van der Waals surface area contributed by atoms with E-state index in [1.807, 2.05) is 30.3 Å². The highest BCUT2D eigenvalue weighted by Gasteiger charge is 2.13. The van der Waals surface area contributed by atoms with Crippen LogP contribution in [0, 0.1) is 0 Å².